The molecule has 3 aromatic rings. The smallest absolute Gasteiger partial charge is 0.287 e. The maximum absolute atomic E-state index is 12.7. The number of ketones is 1. The SMILES string of the molecule is NC(=O)C(=O)C(Cc1cccnc1)NC(=O)c1nsnc1-c1ccncc1. The third-order valence-electron chi connectivity index (χ3n) is 3.68. The molecule has 0 bridgehead atoms. The van der Waals surface area contributed by atoms with Crippen LogP contribution >= 0.6 is 11.7 Å². The molecule has 3 heterocycles. The number of pyridine rings is 2. The van der Waals surface area contributed by atoms with Crippen molar-refractivity contribution in [1.82, 2.24) is 24.0 Å². The summed E-state index contributed by atoms with van der Waals surface area (Å²) in [4.78, 5) is 44.1. The molecule has 3 rings (SSSR count). The first-order chi connectivity index (χ1) is 13.1. The Morgan fingerprint density at radius 3 is 2.52 bits per heavy atom. The highest BCUT2D eigenvalue weighted by Gasteiger charge is 2.28. The number of primary amides is 1. The molecule has 0 aromatic carbocycles. The number of amides is 2. The second-order valence-corrected chi connectivity index (χ2v) is 6.05. The van der Waals surface area contributed by atoms with Crippen molar-refractivity contribution in [2.24, 2.45) is 5.73 Å². The summed E-state index contributed by atoms with van der Waals surface area (Å²) in [7, 11) is 0. The fourth-order valence-electron chi connectivity index (χ4n) is 2.40. The summed E-state index contributed by atoms with van der Waals surface area (Å²) in [5.41, 5.74) is 6.87. The first kappa shape index (κ1) is 18.3. The molecule has 0 aliphatic carbocycles. The monoisotopic (exact) mass is 382 g/mol. The third kappa shape index (κ3) is 4.36. The number of nitrogens with zero attached hydrogens (tertiary/aromatic N) is 4. The topological polar surface area (TPSA) is 141 Å². The normalized spacial score (nSPS) is 11.6. The molecule has 0 spiro atoms. The maximum Gasteiger partial charge on any atom is 0.287 e. The van der Waals surface area contributed by atoms with Gasteiger partial charge in [0.1, 0.15) is 11.7 Å². The van der Waals surface area contributed by atoms with E-state index in [0.717, 1.165) is 11.7 Å². The van der Waals surface area contributed by atoms with Gasteiger partial charge in [-0.25, -0.2) is 0 Å². The molecule has 0 aliphatic heterocycles. The molecule has 0 saturated carbocycles. The number of nitrogens with two attached hydrogens (primary N) is 1. The van der Waals surface area contributed by atoms with E-state index in [1.165, 1.54) is 0 Å². The molecule has 0 fully saturated rings. The Morgan fingerprint density at radius 1 is 1.07 bits per heavy atom. The van der Waals surface area contributed by atoms with E-state index in [2.05, 4.69) is 24.0 Å². The quantitative estimate of drug-likeness (QED) is 0.563. The fourth-order valence-corrected chi connectivity index (χ4v) is 2.96. The van der Waals surface area contributed by atoms with Gasteiger partial charge in [-0.05, 0) is 23.8 Å². The van der Waals surface area contributed by atoms with E-state index in [9.17, 15) is 14.4 Å². The Morgan fingerprint density at radius 2 is 1.85 bits per heavy atom. The van der Waals surface area contributed by atoms with Crippen LogP contribution in [0, 0.1) is 0 Å². The van der Waals surface area contributed by atoms with Crippen LogP contribution < -0.4 is 11.1 Å². The lowest BCUT2D eigenvalue weighted by Crippen LogP contribution is -2.47. The molecule has 1 atom stereocenters. The molecular formula is C17H14N6O3S. The van der Waals surface area contributed by atoms with Gasteiger partial charge in [-0.15, -0.1) is 0 Å². The van der Waals surface area contributed by atoms with Crippen LogP contribution in [-0.4, -0.2) is 42.4 Å². The molecule has 2 amide bonds. The average Bonchev–Trinajstić information content (AvgIpc) is 3.18. The zero-order valence-corrected chi connectivity index (χ0v) is 14.7. The molecular weight excluding hydrogens is 368 g/mol. The second-order valence-electron chi connectivity index (χ2n) is 5.52. The van der Waals surface area contributed by atoms with Crippen molar-refractivity contribution in [1.29, 1.82) is 0 Å². The van der Waals surface area contributed by atoms with E-state index in [1.807, 2.05) is 0 Å². The van der Waals surface area contributed by atoms with Gasteiger partial charge in [-0.1, -0.05) is 6.07 Å². The van der Waals surface area contributed by atoms with Crippen molar-refractivity contribution < 1.29 is 14.4 Å². The highest BCUT2D eigenvalue weighted by molar-refractivity contribution is 6.99. The van der Waals surface area contributed by atoms with Crippen molar-refractivity contribution in [2.75, 3.05) is 0 Å². The van der Waals surface area contributed by atoms with Crippen LogP contribution in [0.3, 0.4) is 0 Å². The number of nitrogens with one attached hydrogen (secondary N) is 1. The minimum absolute atomic E-state index is 0.0552. The van der Waals surface area contributed by atoms with Gasteiger partial charge in [0.25, 0.3) is 11.8 Å². The maximum atomic E-state index is 12.7. The zero-order chi connectivity index (χ0) is 19.2. The standard InChI is InChI=1S/C17H14N6O3S/c18-16(25)15(24)12(8-10-2-1-5-20-9-10)21-17(26)14-13(22-27-23-14)11-3-6-19-7-4-11/h1-7,9,12H,8H2,(H2,18,25)(H,21,26). The van der Waals surface area contributed by atoms with Gasteiger partial charge >= 0.3 is 0 Å². The van der Waals surface area contributed by atoms with E-state index in [-0.39, 0.29) is 12.1 Å². The molecule has 0 aliphatic rings. The van der Waals surface area contributed by atoms with Crippen LogP contribution in [0.2, 0.25) is 0 Å². The fraction of sp³-hybridized carbons (Fsp3) is 0.118. The predicted molar refractivity (Wildman–Crippen MR) is 96.5 cm³/mol. The van der Waals surface area contributed by atoms with E-state index in [1.54, 1.807) is 49.1 Å². The van der Waals surface area contributed by atoms with E-state index < -0.39 is 23.6 Å². The van der Waals surface area contributed by atoms with Gasteiger partial charge in [-0.3, -0.25) is 24.4 Å². The minimum atomic E-state index is -1.13. The van der Waals surface area contributed by atoms with Gasteiger partial charge in [0.15, 0.2) is 5.69 Å². The Hall–Kier alpha value is -3.53. The van der Waals surface area contributed by atoms with Crippen LogP contribution in [0.5, 0.6) is 0 Å². The van der Waals surface area contributed by atoms with Gasteiger partial charge in [-0.2, -0.15) is 8.75 Å². The largest absolute Gasteiger partial charge is 0.363 e. The summed E-state index contributed by atoms with van der Waals surface area (Å²) in [6.45, 7) is 0. The van der Waals surface area contributed by atoms with Gasteiger partial charge in [0.05, 0.1) is 11.7 Å². The van der Waals surface area contributed by atoms with E-state index >= 15 is 0 Å². The number of aromatic nitrogens is 4. The van der Waals surface area contributed by atoms with E-state index in [4.69, 9.17) is 5.73 Å². The molecule has 10 heteroatoms. The number of rotatable bonds is 7. The molecule has 1 unspecified atom stereocenters. The lowest BCUT2D eigenvalue weighted by molar-refractivity contribution is -0.137. The van der Waals surface area contributed by atoms with Crippen molar-refractivity contribution in [3.05, 3.63) is 60.3 Å². The summed E-state index contributed by atoms with van der Waals surface area (Å²) in [6, 6.07) is 5.66. The Kier molecular flexibility index (Phi) is 5.57. The van der Waals surface area contributed by atoms with Crippen molar-refractivity contribution in [3.63, 3.8) is 0 Å². The zero-order valence-electron chi connectivity index (χ0n) is 13.9. The lowest BCUT2D eigenvalue weighted by Gasteiger charge is -2.15. The number of Topliss-reactive ketones (excluding diaryl/α,β-unsaturated/α-hetero) is 1. The average molecular weight is 382 g/mol. The molecule has 3 aromatic heterocycles. The van der Waals surface area contributed by atoms with Crippen LogP contribution in [0.25, 0.3) is 11.3 Å². The Balaban J connectivity index is 1.84. The predicted octanol–water partition coefficient (Wildman–Crippen LogP) is 0.391. The minimum Gasteiger partial charge on any atom is -0.363 e. The Labute approximate surface area is 158 Å². The van der Waals surface area contributed by atoms with Crippen molar-refractivity contribution in [3.8, 4) is 11.3 Å². The van der Waals surface area contributed by atoms with Crippen LogP contribution in [0.1, 0.15) is 16.1 Å². The van der Waals surface area contributed by atoms with Crippen molar-refractivity contribution >= 4 is 29.3 Å². The first-order valence-electron chi connectivity index (χ1n) is 7.82. The molecule has 0 radical (unpaired) electrons. The summed E-state index contributed by atoms with van der Waals surface area (Å²) in [5, 5.41) is 2.53. The van der Waals surface area contributed by atoms with Gasteiger partial charge in [0, 0.05) is 36.8 Å². The van der Waals surface area contributed by atoms with Crippen LogP contribution in [-0.2, 0) is 16.0 Å². The highest BCUT2D eigenvalue weighted by Crippen LogP contribution is 2.21. The molecule has 9 nitrogen and oxygen atoms in total. The number of carbonyl (C=O) groups excluding carboxylic acids is 3. The summed E-state index contributed by atoms with van der Waals surface area (Å²) < 4.78 is 8.15. The Bertz CT molecular complexity index is 961. The number of hydrogen-bond donors (Lipinski definition) is 2. The summed E-state index contributed by atoms with van der Waals surface area (Å²) >= 11 is 0.867. The molecule has 27 heavy (non-hydrogen) atoms. The lowest BCUT2D eigenvalue weighted by atomic mass is 10.0. The van der Waals surface area contributed by atoms with Crippen LogP contribution in [0.15, 0.2) is 49.1 Å². The van der Waals surface area contributed by atoms with E-state index in [0.29, 0.717) is 16.8 Å². The number of carbonyl (C=O) groups is 3. The summed E-state index contributed by atoms with van der Waals surface area (Å²) in [5.74, 6) is -2.66. The highest BCUT2D eigenvalue weighted by atomic mass is 32.1. The molecule has 136 valence electrons. The first-order valence-corrected chi connectivity index (χ1v) is 8.55. The molecule has 0 saturated heterocycles. The number of hydrogen-bond acceptors (Lipinski definition) is 8. The molecule has 3 N–H and O–H groups in total. The second kappa shape index (κ2) is 8.23. The van der Waals surface area contributed by atoms with Crippen LogP contribution in [0.4, 0.5) is 0 Å². The summed E-state index contributed by atoms with van der Waals surface area (Å²) in [6.07, 6.45) is 6.33. The van der Waals surface area contributed by atoms with Crippen molar-refractivity contribution in [2.45, 2.75) is 12.5 Å². The van der Waals surface area contributed by atoms with Gasteiger partial charge in [0.2, 0.25) is 5.78 Å². The van der Waals surface area contributed by atoms with Gasteiger partial charge < -0.3 is 11.1 Å². The third-order valence-corrected chi connectivity index (χ3v) is 4.21.